The minimum atomic E-state index is 0.637. The predicted octanol–water partition coefficient (Wildman–Crippen LogP) is 2.99. The van der Waals surface area contributed by atoms with Gasteiger partial charge in [0.2, 0.25) is 0 Å². The zero-order valence-electron chi connectivity index (χ0n) is 7.69. The van der Waals surface area contributed by atoms with E-state index in [-0.39, 0.29) is 0 Å². The van der Waals surface area contributed by atoms with E-state index in [0.29, 0.717) is 5.56 Å². The van der Waals surface area contributed by atoms with Gasteiger partial charge in [0.05, 0.1) is 16.1 Å². The topological polar surface area (TPSA) is 36.7 Å². The summed E-state index contributed by atoms with van der Waals surface area (Å²) >= 11 is 1.60. The fraction of sp³-hybridized carbons (Fsp3) is 0.0909. The van der Waals surface area contributed by atoms with Crippen LogP contribution in [0.25, 0.3) is 10.6 Å². The van der Waals surface area contributed by atoms with Gasteiger partial charge in [-0.1, -0.05) is 6.07 Å². The van der Waals surface area contributed by atoms with Crippen LogP contribution in [0.3, 0.4) is 0 Å². The summed E-state index contributed by atoms with van der Waals surface area (Å²) in [6, 6.07) is 9.77. The molecule has 2 heterocycles. The van der Waals surface area contributed by atoms with E-state index in [1.165, 1.54) is 0 Å². The van der Waals surface area contributed by atoms with E-state index in [9.17, 15) is 0 Å². The number of rotatable bonds is 1. The minimum absolute atomic E-state index is 0.637. The highest BCUT2D eigenvalue weighted by Crippen LogP contribution is 2.25. The molecule has 3 heteroatoms. The molecule has 14 heavy (non-hydrogen) atoms. The summed E-state index contributed by atoms with van der Waals surface area (Å²) in [7, 11) is 0. The molecule has 2 aromatic rings. The Kier molecular flexibility index (Phi) is 2.30. The van der Waals surface area contributed by atoms with Crippen molar-refractivity contribution in [1.29, 1.82) is 5.26 Å². The molecule has 0 amide bonds. The Labute approximate surface area is 86.5 Å². The maximum atomic E-state index is 8.92. The summed E-state index contributed by atoms with van der Waals surface area (Å²) in [5, 5.41) is 10.9. The zero-order chi connectivity index (χ0) is 9.97. The van der Waals surface area contributed by atoms with Crippen molar-refractivity contribution in [2.45, 2.75) is 6.92 Å². The van der Waals surface area contributed by atoms with Crippen LogP contribution in [-0.2, 0) is 0 Å². The van der Waals surface area contributed by atoms with Gasteiger partial charge in [-0.25, -0.2) is 0 Å². The van der Waals surface area contributed by atoms with Crippen molar-refractivity contribution in [1.82, 2.24) is 4.98 Å². The highest BCUT2D eigenvalue weighted by molar-refractivity contribution is 7.13. The van der Waals surface area contributed by atoms with Gasteiger partial charge in [-0.2, -0.15) is 5.26 Å². The molecule has 0 bridgehead atoms. The summed E-state index contributed by atoms with van der Waals surface area (Å²) in [6.07, 6.45) is 0. The number of thiophene rings is 1. The van der Waals surface area contributed by atoms with E-state index in [2.05, 4.69) is 11.1 Å². The quantitative estimate of drug-likeness (QED) is 0.709. The van der Waals surface area contributed by atoms with Crippen LogP contribution in [0.1, 0.15) is 11.3 Å². The Hall–Kier alpha value is -1.66. The van der Waals surface area contributed by atoms with Crippen LogP contribution in [0.4, 0.5) is 0 Å². The summed E-state index contributed by atoms with van der Waals surface area (Å²) in [4.78, 5) is 5.42. The van der Waals surface area contributed by atoms with Crippen LogP contribution in [0.5, 0.6) is 0 Å². The van der Waals surface area contributed by atoms with Gasteiger partial charge in [-0.15, -0.1) is 11.3 Å². The smallest absolute Gasteiger partial charge is 0.101 e. The first-order chi connectivity index (χ1) is 6.81. The lowest BCUT2D eigenvalue weighted by atomic mass is 10.1. The molecule has 0 radical (unpaired) electrons. The van der Waals surface area contributed by atoms with Gasteiger partial charge in [0.15, 0.2) is 0 Å². The third-order valence-corrected chi connectivity index (χ3v) is 2.79. The number of nitrogens with zero attached hydrogens (tertiary/aromatic N) is 2. The summed E-state index contributed by atoms with van der Waals surface area (Å²) in [5.41, 5.74) is 2.37. The van der Waals surface area contributed by atoms with Crippen molar-refractivity contribution >= 4 is 11.3 Å². The minimum Gasteiger partial charge on any atom is -0.251 e. The standard InChI is InChI=1S/C11H8N2S/c1-8-4-5-9(7-12)11(13-8)10-3-2-6-14-10/h2-6H,1H3. The first kappa shape index (κ1) is 8.92. The zero-order valence-corrected chi connectivity index (χ0v) is 8.51. The molecule has 0 aliphatic carbocycles. The lowest BCUT2D eigenvalue weighted by Gasteiger charge is -2.00. The molecule has 2 nitrogen and oxygen atoms in total. The van der Waals surface area contributed by atoms with Crippen molar-refractivity contribution in [3.05, 3.63) is 40.9 Å². The second-order valence-corrected chi connectivity index (χ2v) is 3.89. The molecule has 0 saturated heterocycles. The largest absolute Gasteiger partial charge is 0.251 e. The van der Waals surface area contributed by atoms with E-state index in [1.54, 1.807) is 11.3 Å². The first-order valence-electron chi connectivity index (χ1n) is 4.23. The van der Waals surface area contributed by atoms with Crippen LogP contribution < -0.4 is 0 Å². The van der Waals surface area contributed by atoms with E-state index < -0.39 is 0 Å². The number of nitriles is 1. The molecule has 0 N–H and O–H groups in total. The summed E-state index contributed by atoms with van der Waals surface area (Å²) in [6.45, 7) is 1.93. The van der Waals surface area contributed by atoms with Gasteiger partial charge in [-0.3, -0.25) is 4.98 Å². The van der Waals surface area contributed by atoms with Crippen LogP contribution in [-0.4, -0.2) is 4.98 Å². The van der Waals surface area contributed by atoms with E-state index in [0.717, 1.165) is 16.3 Å². The third kappa shape index (κ3) is 1.52. The molecule has 0 spiro atoms. The maximum Gasteiger partial charge on any atom is 0.101 e. The van der Waals surface area contributed by atoms with Crippen molar-refractivity contribution in [3.63, 3.8) is 0 Å². The van der Waals surface area contributed by atoms with Gasteiger partial charge < -0.3 is 0 Å². The van der Waals surface area contributed by atoms with Gasteiger partial charge in [0.1, 0.15) is 6.07 Å². The predicted molar refractivity (Wildman–Crippen MR) is 57.0 cm³/mol. The number of aryl methyl sites for hydroxylation is 1. The van der Waals surface area contributed by atoms with Gasteiger partial charge in [0, 0.05) is 5.69 Å². The number of hydrogen-bond acceptors (Lipinski definition) is 3. The van der Waals surface area contributed by atoms with Gasteiger partial charge in [-0.05, 0) is 30.5 Å². The molecule has 0 fully saturated rings. The fourth-order valence-corrected chi connectivity index (χ4v) is 1.98. The monoisotopic (exact) mass is 200 g/mol. The van der Waals surface area contributed by atoms with Crippen molar-refractivity contribution in [3.8, 4) is 16.6 Å². The number of aromatic nitrogens is 1. The molecular formula is C11H8N2S. The number of pyridine rings is 1. The highest BCUT2D eigenvalue weighted by Gasteiger charge is 2.07. The molecule has 0 atom stereocenters. The maximum absolute atomic E-state index is 8.92. The lowest BCUT2D eigenvalue weighted by Crippen LogP contribution is -1.89. The second-order valence-electron chi connectivity index (χ2n) is 2.94. The first-order valence-corrected chi connectivity index (χ1v) is 5.11. The Bertz CT molecular complexity index is 480. The van der Waals surface area contributed by atoms with E-state index in [1.807, 2.05) is 36.6 Å². The number of hydrogen-bond donors (Lipinski definition) is 0. The van der Waals surface area contributed by atoms with E-state index in [4.69, 9.17) is 5.26 Å². The SMILES string of the molecule is Cc1ccc(C#N)c(-c2cccs2)n1. The molecule has 2 aromatic heterocycles. The molecule has 0 aliphatic rings. The Morgan fingerprint density at radius 2 is 2.21 bits per heavy atom. The Morgan fingerprint density at radius 3 is 2.86 bits per heavy atom. The Morgan fingerprint density at radius 1 is 1.36 bits per heavy atom. The molecule has 0 aliphatic heterocycles. The molecule has 0 saturated carbocycles. The molecule has 0 unspecified atom stereocenters. The molecule has 68 valence electrons. The molecular weight excluding hydrogens is 192 g/mol. The van der Waals surface area contributed by atoms with Crippen LogP contribution >= 0.6 is 11.3 Å². The van der Waals surface area contributed by atoms with Crippen LogP contribution in [0.2, 0.25) is 0 Å². The van der Waals surface area contributed by atoms with E-state index >= 15 is 0 Å². The average molecular weight is 200 g/mol. The molecule has 2 rings (SSSR count). The Balaban J connectivity index is 2.63. The van der Waals surface area contributed by atoms with Crippen LogP contribution in [0.15, 0.2) is 29.6 Å². The summed E-state index contributed by atoms with van der Waals surface area (Å²) in [5.74, 6) is 0. The van der Waals surface area contributed by atoms with Crippen molar-refractivity contribution < 1.29 is 0 Å². The highest BCUT2D eigenvalue weighted by atomic mass is 32.1. The van der Waals surface area contributed by atoms with Gasteiger partial charge >= 0.3 is 0 Å². The normalized spacial score (nSPS) is 9.71. The fourth-order valence-electron chi connectivity index (χ4n) is 1.25. The lowest BCUT2D eigenvalue weighted by molar-refractivity contribution is 1.20. The van der Waals surface area contributed by atoms with Crippen LogP contribution in [0, 0.1) is 18.3 Å². The molecule has 0 aromatic carbocycles. The average Bonchev–Trinajstić information content (AvgIpc) is 2.70. The van der Waals surface area contributed by atoms with Crippen molar-refractivity contribution in [2.24, 2.45) is 0 Å². The van der Waals surface area contributed by atoms with Crippen molar-refractivity contribution in [2.75, 3.05) is 0 Å². The second kappa shape index (κ2) is 3.60. The van der Waals surface area contributed by atoms with Gasteiger partial charge in [0.25, 0.3) is 0 Å². The third-order valence-electron chi connectivity index (χ3n) is 1.91. The summed E-state index contributed by atoms with van der Waals surface area (Å²) < 4.78 is 0.